The molecule has 2 atom stereocenters. The Labute approximate surface area is 234 Å². The highest BCUT2D eigenvalue weighted by molar-refractivity contribution is 7.89. The molecule has 5 nitrogen and oxygen atoms in total. The number of aliphatic hydroxyl groups is 1. The van der Waals surface area contributed by atoms with E-state index in [0.717, 1.165) is 12.1 Å². The highest BCUT2D eigenvalue weighted by Gasteiger charge is 2.50. The molecule has 0 aliphatic rings. The predicted octanol–water partition coefficient (Wildman–Crippen LogP) is 7.11. The highest BCUT2D eigenvalue weighted by Crippen LogP contribution is 2.45. The van der Waals surface area contributed by atoms with E-state index in [1.54, 1.807) is 0 Å². The lowest BCUT2D eigenvalue weighted by Crippen LogP contribution is -2.60. The molecule has 2 N–H and O–H groups in total. The molecule has 206 valence electrons. The molecule has 0 saturated carbocycles. The second-order valence-electron chi connectivity index (χ2n) is 10.8. The van der Waals surface area contributed by atoms with E-state index < -0.39 is 36.1 Å². The zero-order chi connectivity index (χ0) is 28.2. The number of sulfonamides is 1. The van der Waals surface area contributed by atoms with Gasteiger partial charge in [0, 0.05) is 5.02 Å². The maximum Gasteiger partial charge on any atom is 0.241 e. The molecule has 0 heterocycles. The van der Waals surface area contributed by atoms with E-state index in [2.05, 4.69) is 39.3 Å². The van der Waals surface area contributed by atoms with Crippen molar-refractivity contribution in [2.24, 2.45) is 0 Å². The monoisotopic (exact) mass is 573 g/mol. The van der Waals surface area contributed by atoms with Crippen LogP contribution in [0.15, 0.2) is 89.8 Å². The zero-order valence-electron chi connectivity index (χ0n) is 23.1. The Balaban J connectivity index is 2.23. The van der Waals surface area contributed by atoms with Crippen molar-refractivity contribution in [2.45, 2.75) is 81.3 Å². The molecule has 0 aliphatic heterocycles. The molecule has 3 rings (SSSR count). The van der Waals surface area contributed by atoms with E-state index in [1.165, 1.54) is 24.3 Å². The van der Waals surface area contributed by atoms with Crippen LogP contribution in [-0.2, 0) is 20.1 Å². The molecule has 0 radical (unpaired) electrons. The van der Waals surface area contributed by atoms with E-state index in [0.29, 0.717) is 16.1 Å². The molecule has 0 fully saturated rings. The van der Waals surface area contributed by atoms with E-state index in [9.17, 15) is 13.5 Å². The quantitative estimate of drug-likeness (QED) is 0.240. The molecule has 0 spiro atoms. The third-order valence-electron chi connectivity index (χ3n) is 7.67. The number of halogens is 1. The van der Waals surface area contributed by atoms with Crippen LogP contribution in [0, 0.1) is 0 Å². The Bertz CT molecular complexity index is 1240. The third kappa shape index (κ3) is 6.24. The standard InChI is InChI=1S/C30H40ClNO4SSi/c1-7-38(8-2,29(4,5)6)36-23(3)28(32-37(34,35)27-21-19-26(31)20-22-27)30(33,24-15-11-9-12-16-24)25-17-13-10-14-18-25/h9-23,28,32-33H,7-8H2,1-6H3. The average molecular weight is 574 g/mol. The van der Waals surface area contributed by atoms with Crippen molar-refractivity contribution in [3.05, 3.63) is 101 Å². The van der Waals surface area contributed by atoms with E-state index in [1.807, 2.05) is 67.6 Å². The summed E-state index contributed by atoms with van der Waals surface area (Å²) >= 11 is 6.03. The first-order chi connectivity index (χ1) is 17.8. The van der Waals surface area contributed by atoms with Crippen molar-refractivity contribution >= 4 is 29.9 Å². The van der Waals surface area contributed by atoms with Gasteiger partial charge in [0.15, 0.2) is 8.32 Å². The summed E-state index contributed by atoms with van der Waals surface area (Å²) in [4.78, 5) is 0.0629. The summed E-state index contributed by atoms with van der Waals surface area (Å²) in [5.41, 5.74) is -0.580. The molecule has 3 aromatic rings. The number of benzene rings is 3. The zero-order valence-corrected chi connectivity index (χ0v) is 25.7. The van der Waals surface area contributed by atoms with Crippen molar-refractivity contribution in [1.82, 2.24) is 4.72 Å². The minimum Gasteiger partial charge on any atom is -0.412 e. The van der Waals surface area contributed by atoms with Crippen LogP contribution >= 0.6 is 11.6 Å². The van der Waals surface area contributed by atoms with Crippen LogP contribution < -0.4 is 4.72 Å². The minimum atomic E-state index is -4.06. The fraction of sp³-hybridized carbons (Fsp3) is 0.400. The first kappa shape index (κ1) is 30.5. The first-order valence-electron chi connectivity index (χ1n) is 13.1. The van der Waals surface area contributed by atoms with Crippen molar-refractivity contribution in [3.8, 4) is 0 Å². The molecule has 8 heteroatoms. The molecule has 0 amide bonds. The van der Waals surface area contributed by atoms with Crippen molar-refractivity contribution in [1.29, 1.82) is 0 Å². The van der Waals surface area contributed by atoms with Gasteiger partial charge in [-0.2, -0.15) is 0 Å². The van der Waals surface area contributed by atoms with Gasteiger partial charge >= 0.3 is 0 Å². The second kappa shape index (κ2) is 12.0. The van der Waals surface area contributed by atoms with Gasteiger partial charge in [0.05, 0.1) is 17.0 Å². The predicted molar refractivity (Wildman–Crippen MR) is 158 cm³/mol. The summed E-state index contributed by atoms with van der Waals surface area (Å²) in [5.74, 6) is 0. The van der Waals surface area contributed by atoms with Gasteiger partial charge in [0.25, 0.3) is 0 Å². The van der Waals surface area contributed by atoms with Crippen LogP contribution in [0.1, 0.15) is 52.7 Å². The molecule has 0 aliphatic carbocycles. The van der Waals surface area contributed by atoms with E-state index in [4.69, 9.17) is 16.0 Å². The third-order valence-corrected chi connectivity index (χ3v) is 15.2. The van der Waals surface area contributed by atoms with E-state index >= 15 is 0 Å². The van der Waals surface area contributed by atoms with Gasteiger partial charge in [-0.15, -0.1) is 0 Å². The summed E-state index contributed by atoms with van der Waals surface area (Å²) < 4.78 is 37.4. The molecular formula is C30H40ClNO4SSi. The van der Waals surface area contributed by atoms with Gasteiger partial charge in [0.2, 0.25) is 10.0 Å². The summed E-state index contributed by atoms with van der Waals surface area (Å²) in [7, 11) is -6.44. The average Bonchev–Trinajstić information content (AvgIpc) is 2.90. The number of nitrogens with one attached hydrogen (secondary N) is 1. The molecular weight excluding hydrogens is 534 g/mol. The maximum absolute atomic E-state index is 13.8. The normalized spacial score (nSPS) is 14.7. The van der Waals surface area contributed by atoms with Crippen molar-refractivity contribution < 1.29 is 18.0 Å². The Kier molecular flexibility index (Phi) is 9.66. The SMILES string of the molecule is CC[Si](CC)(OC(C)C(NS(=O)(=O)c1ccc(Cl)cc1)C(O)(c1ccccc1)c1ccccc1)C(C)(C)C. The van der Waals surface area contributed by atoms with Gasteiger partial charge in [-0.3, -0.25) is 0 Å². The van der Waals surface area contributed by atoms with Crippen LogP contribution in [0.3, 0.4) is 0 Å². The number of hydrogen-bond donors (Lipinski definition) is 2. The minimum absolute atomic E-state index is 0.0629. The van der Waals surface area contributed by atoms with Crippen molar-refractivity contribution in [3.63, 3.8) is 0 Å². The molecule has 2 unspecified atom stereocenters. The Hall–Kier alpha value is -2.00. The van der Waals surface area contributed by atoms with Gasteiger partial charge in [0.1, 0.15) is 5.60 Å². The Morgan fingerprint density at radius 2 is 1.32 bits per heavy atom. The fourth-order valence-electron chi connectivity index (χ4n) is 5.36. The molecule has 0 saturated heterocycles. The van der Waals surface area contributed by atoms with Crippen LogP contribution in [0.25, 0.3) is 0 Å². The van der Waals surface area contributed by atoms with Crippen LogP contribution in [0.2, 0.25) is 22.1 Å². The lowest BCUT2D eigenvalue weighted by molar-refractivity contribution is -0.00354. The second-order valence-corrected chi connectivity index (χ2v) is 18.1. The maximum atomic E-state index is 13.8. The van der Waals surface area contributed by atoms with E-state index in [-0.39, 0.29) is 9.93 Å². The first-order valence-corrected chi connectivity index (χ1v) is 17.3. The molecule has 3 aromatic carbocycles. The van der Waals surface area contributed by atoms with Gasteiger partial charge in [-0.25, -0.2) is 13.1 Å². The number of rotatable bonds is 11. The van der Waals surface area contributed by atoms with Crippen LogP contribution in [-0.4, -0.2) is 34.0 Å². The van der Waals surface area contributed by atoms with Gasteiger partial charge in [-0.1, -0.05) is 107 Å². The summed E-state index contributed by atoms with van der Waals surface area (Å²) in [6.07, 6.45) is -0.659. The van der Waals surface area contributed by atoms with Gasteiger partial charge < -0.3 is 9.53 Å². The summed E-state index contributed by atoms with van der Waals surface area (Å²) in [6, 6.07) is 25.0. The molecule has 0 bridgehead atoms. The summed E-state index contributed by atoms with van der Waals surface area (Å²) in [5, 5.41) is 13.0. The largest absolute Gasteiger partial charge is 0.412 e. The Morgan fingerprint density at radius 3 is 1.71 bits per heavy atom. The smallest absolute Gasteiger partial charge is 0.241 e. The fourth-order valence-corrected chi connectivity index (χ4v) is 11.0. The molecule has 38 heavy (non-hydrogen) atoms. The van der Waals surface area contributed by atoms with Gasteiger partial charge in [-0.05, 0) is 59.4 Å². The van der Waals surface area contributed by atoms with Crippen LogP contribution in [0.5, 0.6) is 0 Å². The lowest BCUT2D eigenvalue weighted by Gasteiger charge is -2.47. The Morgan fingerprint density at radius 1 is 0.868 bits per heavy atom. The molecule has 0 aromatic heterocycles. The van der Waals surface area contributed by atoms with Crippen molar-refractivity contribution in [2.75, 3.05) is 0 Å². The lowest BCUT2D eigenvalue weighted by atomic mass is 9.78. The summed E-state index contributed by atoms with van der Waals surface area (Å²) in [6.45, 7) is 12.7. The highest BCUT2D eigenvalue weighted by atomic mass is 35.5. The number of hydrogen-bond acceptors (Lipinski definition) is 4. The van der Waals surface area contributed by atoms with Crippen LogP contribution in [0.4, 0.5) is 0 Å². The topological polar surface area (TPSA) is 75.6 Å².